The molecule has 2 rings (SSSR count). The van der Waals surface area contributed by atoms with Crippen molar-refractivity contribution in [2.75, 3.05) is 45.3 Å². The summed E-state index contributed by atoms with van der Waals surface area (Å²) in [4.78, 5) is 75.2. The Balaban J connectivity index is 2.09. The Hall–Kier alpha value is -5.38. The summed E-state index contributed by atoms with van der Waals surface area (Å²) in [7, 11) is 1.22. The molecule has 0 radical (unpaired) electrons. The number of hydrogen-bond donors (Lipinski definition) is 5. The lowest BCUT2D eigenvalue weighted by molar-refractivity contribution is -0.128. The summed E-state index contributed by atoms with van der Waals surface area (Å²) in [5.74, 6) is -2.63. The first-order valence-corrected chi connectivity index (χ1v) is 17.3. The zero-order chi connectivity index (χ0) is 39.4. The SMILES string of the molecule is COC(=O)c1ccc(NC(=O)[C@H](CCCNC(N)=O)CC(=O)[C@@H](NC(=O)OCc2ccccc2)C(C)C)cc1OCCOCCNC(=O)OC(C)(C)C. The maximum Gasteiger partial charge on any atom is 0.408 e. The topological polar surface area (TPSA) is 223 Å². The van der Waals surface area contributed by atoms with E-state index in [0.29, 0.717) is 6.42 Å². The summed E-state index contributed by atoms with van der Waals surface area (Å²) in [6, 6.07) is 11.8. The van der Waals surface area contributed by atoms with Crippen molar-refractivity contribution >= 4 is 41.6 Å². The third-order valence-electron chi connectivity index (χ3n) is 7.40. The molecule has 0 saturated heterocycles. The smallest absolute Gasteiger partial charge is 0.408 e. The molecule has 5 amide bonds. The number of amides is 5. The molecule has 0 bridgehead atoms. The highest BCUT2D eigenvalue weighted by Crippen LogP contribution is 2.26. The molecule has 0 aliphatic carbocycles. The van der Waals surface area contributed by atoms with E-state index in [0.717, 1.165) is 5.56 Å². The molecule has 2 aromatic carbocycles. The first-order valence-electron chi connectivity index (χ1n) is 17.3. The fraction of sp³-hybridized carbons (Fsp3) is 0.514. The lowest BCUT2D eigenvalue weighted by Crippen LogP contribution is -2.45. The fourth-order valence-electron chi connectivity index (χ4n) is 4.86. The van der Waals surface area contributed by atoms with E-state index in [4.69, 9.17) is 29.4 Å². The van der Waals surface area contributed by atoms with Crippen LogP contribution in [0.2, 0.25) is 0 Å². The van der Waals surface area contributed by atoms with E-state index < -0.39 is 47.7 Å². The highest BCUT2D eigenvalue weighted by molar-refractivity contribution is 5.98. The van der Waals surface area contributed by atoms with Gasteiger partial charge < -0.3 is 50.7 Å². The number of carbonyl (C=O) groups excluding carboxylic acids is 6. The van der Waals surface area contributed by atoms with Gasteiger partial charge in [-0.2, -0.15) is 0 Å². The number of methoxy groups -OCH3 is 1. The van der Waals surface area contributed by atoms with Gasteiger partial charge in [0.2, 0.25) is 5.91 Å². The van der Waals surface area contributed by atoms with Crippen LogP contribution in [0.1, 0.15) is 69.8 Å². The Morgan fingerprint density at radius 1 is 0.868 bits per heavy atom. The number of rotatable bonds is 21. The number of esters is 1. The summed E-state index contributed by atoms with van der Waals surface area (Å²) in [5.41, 5.74) is 5.71. The zero-order valence-electron chi connectivity index (χ0n) is 31.3. The van der Waals surface area contributed by atoms with Gasteiger partial charge in [0.25, 0.3) is 0 Å². The quantitative estimate of drug-likeness (QED) is 0.0689. The Morgan fingerprint density at radius 3 is 2.23 bits per heavy atom. The number of benzene rings is 2. The van der Waals surface area contributed by atoms with E-state index >= 15 is 0 Å². The van der Waals surface area contributed by atoms with Crippen LogP contribution in [0.4, 0.5) is 20.1 Å². The minimum absolute atomic E-state index is 0.0183. The predicted octanol–water partition coefficient (Wildman–Crippen LogP) is 4.31. The second-order valence-electron chi connectivity index (χ2n) is 13.3. The summed E-state index contributed by atoms with van der Waals surface area (Å²) in [6.45, 7) is 9.52. The standard InChI is InChI=1S/C37H53N5O11/c1-24(2)31(42-36(48)52-23-25-11-8-7-9-12-25)29(43)21-26(13-10-16-39-34(38)46)32(44)41-27-14-15-28(33(45)49-6)30(22-27)51-20-19-50-18-17-40-35(47)53-37(3,4)5/h7-9,11-12,14-15,22,24,26,31H,10,13,16-21,23H2,1-6H3,(H,40,47)(H,41,44)(H,42,48)(H3,38,39,46)/t26-,31+/m1/s1. The molecule has 16 nitrogen and oxygen atoms in total. The van der Waals surface area contributed by atoms with Crippen LogP contribution in [-0.2, 0) is 35.1 Å². The second kappa shape index (κ2) is 22.5. The Labute approximate surface area is 310 Å². The van der Waals surface area contributed by atoms with Gasteiger partial charge in [-0.05, 0) is 57.2 Å². The van der Waals surface area contributed by atoms with Gasteiger partial charge in [-0.3, -0.25) is 9.59 Å². The van der Waals surface area contributed by atoms with Crippen molar-refractivity contribution in [2.45, 2.75) is 72.1 Å². The normalized spacial score (nSPS) is 12.1. The van der Waals surface area contributed by atoms with Gasteiger partial charge in [0.1, 0.15) is 30.1 Å². The summed E-state index contributed by atoms with van der Waals surface area (Å²) < 4.78 is 26.6. The van der Waals surface area contributed by atoms with Crippen molar-refractivity contribution in [2.24, 2.45) is 17.6 Å². The van der Waals surface area contributed by atoms with Crippen LogP contribution in [0.5, 0.6) is 5.75 Å². The molecule has 0 spiro atoms. The van der Waals surface area contributed by atoms with E-state index in [2.05, 4.69) is 21.3 Å². The molecular weight excluding hydrogens is 690 g/mol. The molecule has 0 fully saturated rings. The number of alkyl carbamates (subject to hydrolysis) is 2. The lowest BCUT2D eigenvalue weighted by Gasteiger charge is -2.24. The first kappa shape index (κ1) is 43.8. The molecule has 0 aliphatic heterocycles. The van der Waals surface area contributed by atoms with Gasteiger partial charge in [-0.25, -0.2) is 19.2 Å². The molecule has 6 N–H and O–H groups in total. The van der Waals surface area contributed by atoms with Crippen molar-refractivity contribution in [1.29, 1.82) is 0 Å². The maximum absolute atomic E-state index is 13.6. The van der Waals surface area contributed by atoms with Crippen LogP contribution < -0.4 is 31.7 Å². The van der Waals surface area contributed by atoms with E-state index in [-0.39, 0.29) is 81.1 Å². The number of hydrogen-bond acceptors (Lipinski definition) is 11. The summed E-state index contributed by atoms with van der Waals surface area (Å²) in [6.07, 6.45) is -1.04. The van der Waals surface area contributed by atoms with Gasteiger partial charge >= 0.3 is 24.2 Å². The minimum atomic E-state index is -0.938. The third-order valence-corrected chi connectivity index (χ3v) is 7.40. The van der Waals surface area contributed by atoms with Crippen LogP contribution in [0.3, 0.4) is 0 Å². The number of nitrogens with two attached hydrogens (primary N) is 1. The van der Waals surface area contributed by atoms with Crippen LogP contribution in [-0.4, -0.2) is 87.5 Å². The van der Waals surface area contributed by atoms with Gasteiger partial charge in [-0.1, -0.05) is 44.2 Å². The predicted molar refractivity (Wildman–Crippen MR) is 195 cm³/mol. The van der Waals surface area contributed by atoms with Gasteiger partial charge in [-0.15, -0.1) is 0 Å². The number of carbonyl (C=O) groups is 6. The Kier molecular flexibility index (Phi) is 18.6. The van der Waals surface area contributed by atoms with Crippen LogP contribution in [0.15, 0.2) is 48.5 Å². The highest BCUT2D eigenvalue weighted by atomic mass is 16.6. The Morgan fingerprint density at radius 2 is 1.58 bits per heavy atom. The van der Waals surface area contributed by atoms with Crippen LogP contribution in [0.25, 0.3) is 0 Å². The Bertz CT molecular complexity index is 1510. The number of ketones is 1. The molecule has 53 heavy (non-hydrogen) atoms. The number of ether oxygens (including phenoxy) is 5. The van der Waals surface area contributed by atoms with Crippen molar-refractivity contribution in [3.8, 4) is 5.75 Å². The van der Waals surface area contributed by atoms with Crippen molar-refractivity contribution in [3.63, 3.8) is 0 Å². The van der Waals surface area contributed by atoms with Crippen LogP contribution in [0, 0.1) is 11.8 Å². The number of primary amides is 1. The average molecular weight is 744 g/mol. The number of Topliss-reactive ketones (excluding diaryl/α,β-unsaturated/α-hetero) is 1. The molecule has 0 aromatic heterocycles. The second-order valence-corrected chi connectivity index (χ2v) is 13.3. The summed E-state index contributed by atoms with van der Waals surface area (Å²) >= 11 is 0. The molecule has 16 heteroatoms. The molecule has 2 atom stereocenters. The van der Waals surface area contributed by atoms with Crippen LogP contribution >= 0.6 is 0 Å². The largest absolute Gasteiger partial charge is 0.490 e. The number of anilines is 1. The van der Waals surface area contributed by atoms with Crippen molar-refractivity contribution < 1.29 is 52.5 Å². The molecule has 2 aromatic rings. The van der Waals surface area contributed by atoms with Gasteiger partial charge in [0, 0.05) is 37.2 Å². The molecule has 0 unspecified atom stereocenters. The van der Waals surface area contributed by atoms with Gasteiger partial charge in [0.15, 0.2) is 5.78 Å². The first-order chi connectivity index (χ1) is 25.1. The molecule has 0 saturated carbocycles. The average Bonchev–Trinajstić information content (AvgIpc) is 3.09. The number of nitrogens with one attached hydrogen (secondary N) is 4. The maximum atomic E-state index is 13.6. The van der Waals surface area contributed by atoms with Crippen molar-refractivity contribution in [3.05, 3.63) is 59.7 Å². The van der Waals surface area contributed by atoms with E-state index in [1.807, 2.05) is 18.2 Å². The zero-order valence-corrected chi connectivity index (χ0v) is 31.3. The number of urea groups is 1. The van der Waals surface area contributed by atoms with Gasteiger partial charge in [0.05, 0.1) is 26.4 Å². The molecule has 0 heterocycles. The molecule has 292 valence electrons. The minimum Gasteiger partial charge on any atom is -0.490 e. The lowest BCUT2D eigenvalue weighted by atomic mass is 9.89. The third kappa shape index (κ3) is 17.6. The fourth-order valence-corrected chi connectivity index (χ4v) is 4.86. The molecular formula is C37H53N5O11. The molecule has 0 aliphatic rings. The van der Waals surface area contributed by atoms with E-state index in [9.17, 15) is 28.8 Å². The monoisotopic (exact) mass is 743 g/mol. The van der Waals surface area contributed by atoms with E-state index in [1.165, 1.54) is 25.3 Å². The highest BCUT2D eigenvalue weighted by Gasteiger charge is 2.30. The van der Waals surface area contributed by atoms with E-state index in [1.54, 1.807) is 46.8 Å². The summed E-state index contributed by atoms with van der Waals surface area (Å²) in [5, 5.41) is 10.5. The van der Waals surface area contributed by atoms with Crippen molar-refractivity contribution in [1.82, 2.24) is 16.0 Å².